The fraction of sp³-hybridized carbons (Fsp3) is 0.118. The number of nitrogens with one attached hydrogen (secondary N) is 1. The molecule has 0 amide bonds. The third-order valence-corrected chi connectivity index (χ3v) is 4.12. The molecule has 0 spiro atoms. The first-order valence-electron chi connectivity index (χ1n) is 6.82. The standard InChI is InChI=1S/C17H16BrN3/c18-14-7-5-12(6-8-14)11-16(21-19)17-15-4-2-1-3-13(15)9-10-20-17/h1-10,16,21H,11,19H2. The highest BCUT2D eigenvalue weighted by Gasteiger charge is 2.15. The molecule has 4 heteroatoms. The van der Waals surface area contributed by atoms with Gasteiger partial charge in [-0.1, -0.05) is 52.3 Å². The highest BCUT2D eigenvalue weighted by Crippen LogP contribution is 2.24. The van der Waals surface area contributed by atoms with Crippen LogP contribution in [0.25, 0.3) is 10.8 Å². The van der Waals surface area contributed by atoms with E-state index in [2.05, 4.69) is 50.6 Å². The molecule has 0 fully saturated rings. The number of nitrogens with two attached hydrogens (primary N) is 1. The van der Waals surface area contributed by atoms with E-state index in [4.69, 9.17) is 5.84 Å². The van der Waals surface area contributed by atoms with Crippen molar-refractivity contribution in [1.29, 1.82) is 0 Å². The Hall–Kier alpha value is -1.75. The predicted molar refractivity (Wildman–Crippen MR) is 89.7 cm³/mol. The molecule has 0 aliphatic rings. The van der Waals surface area contributed by atoms with Gasteiger partial charge in [0, 0.05) is 16.1 Å². The van der Waals surface area contributed by atoms with Crippen molar-refractivity contribution in [2.75, 3.05) is 0 Å². The lowest BCUT2D eigenvalue weighted by Crippen LogP contribution is -2.30. The summed E-state index contributed by atoms with van der Waals surface area (Å²) in [6.07, 6.45) is 2.63. The highest BCUT2D eigenvalue weighted by atomic mass is 79.9. The lowest BCUT2D eigenvalue weighted by molar-refractivity contribution is 0.542. The van der Waals surface area contributed by atoms with Gasteiger partial charge in [-0.25, -0.2) is 0 Å². The summed E-state index contributed by atoms with van der Waals surface area (Å²) in [4.78, 5) is 4.54. The number of hydrogen-bond acceptors (Lipinski definition) is 3. The summed E-state index contributed by atoms with van der Waals surface area (Å²) in [6.45, 7) is 0. The van der Waals surface area contributed by atoms with Gasteiger partial charge < -0.3 is 0 Å². The second-order valence-corrected chi connectivity index (χ2v) is 5.88. The molecule has 1 heterocycles. The monoisotopic (exact) mass is 341 g/mol. The zero-order valence-electron chi connectivity index (χ0n) is 11.5. The molecule has 0 aliphatic heterocycles. The van der Waals surface area contributed by atoms with Crippen LogP contribution in [0.3, 0.4) is 0 Å². The number of nitrogens with zero attached hydrogens (tertiary/aromatic N) is 1. The van der Waals surface area contributed by atoms with Crippen molar-refractivity contribution < 1.29 is 0 Å². The van der Waals surface area contributed by atoms with Crippen molar-refractivity contribution >= 4 is 26.7 Å². The summed E-state index contributed by atoms with van der Waals surface area (Å²) in [5.74, 6) is 5.77. The molecule has 21 heavy (non-hydrogen) atoms. The first-order chi connectivity index (χ1) is 10.3. The topological polar surface area (TPSA) is 50.9 Å². The minimum atomic E-state index is -0.0164. The van der Waals surface area contributed by atoms with Gasteiger partial charge in [-0.2, -0.15) is 0 Å². The Kier molecular flexibility index (Phi) is 4.29. The molecule has 3 aromatic rings. The lowest BCUT2D eigenvalue weighted by Gasteiger charge is -2.17. The van der Waals surface area contributed by atoms with Crippen molar-refractivity contribution in [2.24, 2.45) is 5.84 Å². The summed E-state index contributed by atoms with van der Waals surface area (Å²) in [5, 5.41) is 2.32. The van der Waals surface area contributed by atoms with Gasteiger partial charge in [0.2, 0.25) is 0 Å². The Morgan fingerprint density at radius 2 is 1.81 bits per heavy atom. The van der Waals surface area contributed by atoms with E-state index in [1.54, 1.807) is 0 Å². The average Bonchev–Trinajstić information content (AvgIpc) is 2.54. The number of fused-ring (bicyclic) bond motifs is 1. The molecule has 3 N–H and O–H groups in total. The summed E-state index contributed by atoms with van der Waals surface area (Å²) >= 11 is 3.45. The fourth-order valence-electron chi connectivity index (χ4n) is 2.51. The SMILES string of the molecule is NNC(Cc1ccc(Br)cc1)c1nccc2ccccc12. The Labute approximate surface area is 132 Å². The normalized spacial score (nSPS) is 12.5. The van der Waals surface area contributed by atoms with Crippen LogP contribution in [0.2, 0.25) is 0 Å². The van der Waals surface area contributed by atoms with Crippen LogP contribution in [-0.4, -0.2) is 4.98 Å². The second-order valence-electron chi connectivity index (χ2n) is 4.97. The Morgan fingerprint density at radius 3 is 2.57 bits per heavy atom. The molecule has 0 saturated heterocycles. The van der Waals surface area contributed by atoms with Crippen LogP contribution in [0.4, 0.5) is 0 Å². The van der Waals surface area contributed by atoms with Gasteiger partial charge in [0.05, 0.1) is 11.7 Å². The van der Waals surface area contributed by atoms with Gasteiger partial charge in [0.1, 0.15) is 0 Å². The quantitative estimate of drug-likeness (QED) is 0.561. The van der Waals surface area contributed by atoms with Crippen LogP contribution >= 0.6 is 15.9 Å². The van der Waals surface area contributed by atoms with E-state index in [1.165, 1.54) is 10.9 Å². The molecule has 2 aromatic carbocycles. The van der Waals surface area contributed by atoms with E-state index in [0.29, 0.717) is 0 Å². The van der Waals surface area contributed by atoms with E-state index < -0.39 is 0 Å². The maximum Gasteiger partial charge on any atom is 0.0678 e. The van der Waals surface area contributed by atoms with Gasteiger partial charge >= 0.3 is 0 Å². The van der Waals surface area contributed by atoms with Crippen molar-refractivity contribution in [1.82, 2.24) is 10.4 Å². The molecule has 3 nitrogen and oxygen atoms in total. The molecule has 3 rings (SSSR count). The zero-order chi connectivity index (χ0) is 14.7. The molecular formula is C17H16BrN3. The lowest BCUT2D eigenvalue weighted by atomic mass is 9.99. The molecule has 0 saturated carbocycles. The summed E-state index contributed by atoms with van der Waals surface area (Å²) < 4.78 is 1.08. The van der Waals surface area contributed by atoms with E-state index in [9.17, 15) is 0 Å². The number of aromatic nitrogens is 1. The Bertz CT molecular complexity index is 735. The average molecular weight is 342 g/mol. The van der Waals surface area contributed by atoms with Crippen molar-refractivity contribution in [3.05, 3.63) is 76.5 Å². The Morgan fingerprint density at radius 1 is 1.05 bits per heavy atom. The summed E-state index contributed by atoms with van der Waals surface area (Å²) in [5.41, 5.74) is 5.10. The van der Waals surface area contributed by atoms with Crippen LogP contribution in [0.15, 0.2) is 65.3 Å². The molecule has 0 radical (unpaired) electrons. The smallest absolute Gasteiger partial charge is 0.0678 e. The zero-order valence-corrected chi connectivity index (χ0v) is 13.0. The Balaban J connectivity index is 1.96. The van der Waals surface area contributed by atoms with Crippen LogP contribution in [-0.2, 0) is 6.42 Å². The maximum atomic E-state index is 5.77. The van der Waals surface area contributed by atoms with Gasteiger partial charge in [0.25, 0.3) is 0 Å². The van der Waals surface area contributed by atoms with Crippen molar-refractivity contribution in [2.45, 2.75) is 12.5 Å². The number of rotatable bonds is 4. The van der Waals surface area contributed by atoms with Gasteiger partial charge in [-0.3, -0.25) is 16.3 Å². The fourth-order valence-corrected chi connectivity index (χ4v) is 2.78. The third kappa shape index (κ3) is 3.13. The van der Waals surface area contributed by atoms with Gasteiger partial charge in [0.15, 0.2) is 0 Å². The van der Waals surface area contributed by atoms with Crippen molar-refractivity contribution in [3.8, 4) is 0 Å². The van der Waals surface area contributed by atoms with E-state index in [-0.39, 0.29) is 6.04 Å². The minimum absolute atomic E-state index is 0.0164. The van der Waals surface area contributed by atoms with Crippen LogP contribution in [0, 0.1) is 0 Å². The molecule has 106 valence electrons. The number of pyridine rings is 1. The van der Waals surface area contributed by atoms with E-state index in [1.807, 2.05) is 36.5 Å². The first-order valence-corrected chi connectivity index (χ1v) is 7.61. The molecular weight excluding hydrogens is 326 g/mol. The molecule has 1 atom stereocenters. The van der Waals surface area contributed by atoms with Crippen molar-refractivity contribution in [3.63, 3.8) is 0 Å². The van der Waals surface area contributed by atoms with E-state index >= 15 is 0 Å². The molecule has 1 unspecified atom stereocenters. The predicted octanol–water partition coefficient (Wildman–Crippen LogP) is 3.74. The van der Waals surface area contributed by atoms with Crippen LogP contribution in [0.5, 0.6) is 0 Å². The van der Waals surface area contributed by atoms with Crippen LogP contribution < -0.4 is 11.3 Å². The maximum absolute atomic E-state index is 5.77. The minimum Gasteiger partial charge on any atom is -0.271 e. The number of halogens is 1. The summed E-state index contributed by atoms with van der Waals surface area (Å²) in [7, 11) is 0. The number of hydrazine groups is 1. The van der Waals surface area contributed by atoms with Gasteiger partial charge in [-0.15, -0.1) is 0 Å². The first kappa shape index (κ1) is 14.2. The summed E-state index contributed by atoms with van der Waals surface area (Å²) in [6, 6.07) is 18.5. The molecule has 0 aliphatic carbocycles. The second kappa shape index (κ2) is 6.35. The number of hydrogen-bond donors (Lipinski definition) is 2. The molecule has 0 bridgehead atoms. The largest absolute Gasteiger partial charge is 0.271 e. The number of benzene rings is 2. The third-order valence-electron chi connectivity index (χ3n) is 3.59. The van der Waals surface area contributed by atoms with Gasteiger partial charge in [-0.05, 0) is 35.6 Å². The van der Waals surface area contributed by atoms with Crippen LogP contribution in [0.1, 0.15) is 17.3 Å². The molecule has 1 aromatic heterocycles. The highest BCUT2D eigenvalue weighted by molar-refractivity contribution is 9.10. The van der Waals surface area contributed by atoms with E-state index in [0.717, 1.165) is 22.0 Å².